The predicted molar refractivity (Wildman–Crippen MR) is 62.5 cm³/mol. The second-order valence-electron chi connectivity index (χ2n) is 3.30. The number of benzene rings is 1. The summed E-state index contributed by atoms with van der Waals surface area (Å²) in [5, 5.41) is 5.38. The highest BCUT2D eigenvalue weighted by Crippen LogP contribution is 2.05. The molecule has 0 spiro atoms. The molecule has 0 bridgehead atoms. The number of carbonyl (C=O) groups excluding carboxylic acids is 2. The van der Waals surface area contributed by atoms with E-state index in [0.717, 1.165) is 0 Å². The van der Waals surface area contributed by atoms with E-state index in [1.807, 2.05) is 13.8 Å². The van der Waals surface area contributed by atoms with Crippen LogP contribution in [0.5, 0.6) is 0 Å². The molecule has 0 heterocycles. The summed E-state index contributed by atoms with van der Waals surface area (Å²) in [7, 11) is 0. The van der Waals surface area contributed by atoms with Crippen LogP contribution in [-0.2, 0) is 0 Å². The summed E-state index contributed by atoms with van der Waals surface area (Å²) >= 11 is 0. The average molecular weight is 220 g/mol. The smallest absolute Gasteiger partial charge is 0.251 e. The van der Waals surface area contributed by atoms with E-state index >= 15 is 0 Å². The average Bonchev–Trinajstić information content (AvgIpc) is 2.30. The van der Waals surface area contributed by atoms with Crippen molar-refractivity contribution < 1.29 is 9.59 Å². The molecule has 2 N–H and O–H groups in total. The molecule has 0 aliphatic carbocycles. The van der Waals surface area contributed by atoms with Gasteiger partial charge in [-0.05, 0) is 32.0 Å². The van der Waals surface area contributed by atoms with Crippen molar-refractivity contribution in [3.63, 3.8) is 0 Å². The Morgan fingerprint density at radius 1 is 1.00 bits per heavy atom. The van der Waals surface area contributed by atoms with Gasteiger partial charge in [0.2, 0.25) is 0 Å². The monoisotopic (exact) mass is 220 g/mol. The van der Waals surface area contributed by atoms with Crippen LogP contribution in [0.2, 0.25) is 0 Å². The van der Waals surface area contributed by atoms with Gasteiger partial charge in [-0.3, -0.25) is 9.59 Å². The number of hydrogen-bond donors (Lipinski definition) is 2. The lowest BCUT2D eigenvalue weighted by Gasteiger charge is -2.05. The summed E-state index contributed by atoms with van der Waals surface area (Å²) in [5.74, 6) is -0.317. The Balaban J connectivity index is 2.86. The number of hydrogen-bond acceptors (Lipinski definition) is 2. The maximum Gasteiger partial charge on any atom is 0.251 e. The molecule has 0 fully saturated rings. The lowest BCUT2D eigenvalue weighted by atomic mass is 10.1. The van der Waals surface area contributed by atoms with Gasteiger partial charge in [0.05, 0.1) is 0 Å². The minimum atomic E-state index is -0.159. The topological polar surface area (TPSA) is 58.2 Å². The molecule has 4 nitrogen and oxygen atoms in total. The van der Waals surface area contributed by atoms with E-state index in [2.05, 4.69) is 10.6 Å². The summed E-state index contributed by atoms with van der Waals surface area (Å²) in [5.41, 5.74) is 1.01. The van der Waals surface area contributed by atoms with Crippen LogP contribution in [0.4, 0.5) is 0 Å². The Labute approximate surface area is 95.0 Å². The van der Waals surface area contributed by atoms with Crippen LogP contribution in [0.25, 0.3) is 0 Å². The van der Waals surface area contributed by atoms with Gasteiger partial charge in [0.1, 0.15) is 0 Å². The molecule has 0 saturated carbocycles. The zero-order chi connectivity index (χ0) is 12.0. The van der Waals surface area contributed by atoms with Crippen molar-refractivity contribution in [2.45, 2.75) is 13.8 Å². The van der Waals surface area contributed by atoms with Crippen LogP contribution in [0.1, 0.15) is 34.6 Å². The number of rotatable bonds is 4. The first-order chi connectivity index (χ1) is 7.69. The normalized spacial score (nSPS) is 9.62. The third kappa shape index (κ3) is 3.08. The number of nitrogens with one attached hydrogen (secondary N) is 2. The summed E-state index contributed by atoms with van der Waals surface area (Å²) in [6.45, 7) is 4.85. The van der Waals surface area contributed by atoms with E-state index in [-0.39, 0.29) is 11.8 Å². The first-order valence-electron chi connectivity index (χ1n) is 5.35. The molecule has 86 valence electrons. The molecule has 0 unspecified atom stereocenters. The minimum Gasteiger partial charge on any atom is -0.352 e. The lowest BCUT2D eigenvalue weighted by molar-refractivity contribution is 0.0955. The predicted octanol–water partition coefficient (Wildman–Crippen LogP) is 1.19. The largest absolute Gasteiger partial charge is 0.352 e. The highest BCUT2D eigenvalue weighted by molar-refractivity contribution is 5.99. The molecule has 2 amide bonds. The molecular weight excluding hydrogens is 204 g/mol. The van der Waals surface area contributed by atoms with Gasteiger partial charge < -0.3 is 10.6 Å². The molecule has 4 heteroatoms. The second-order valence-corrected chi connectivity index (χ2v) is 3.30. The molecule has 16 heavy (non-hydrogen) atoms. The summed E-state index contributed by atoms with van der Waals surface area (Å²) in [6, 6.07) is 6.67. The van der Waals surface area contributed by atoms with E-state index in [4.69, 9.17) is 0 Å². The summed E-state index contributed by atoms with van der Waals surface area (Å²) in [4.78, 5) is 23.1. The minimum absolute atomic E-state index is 0.159. The van der Waals surface area contributed by atoms with E-state index in [0.29, 0.717) is 24.2 Å². The SMILES string of the molecule is CCNC(=O)c1cccc(C(=O)NCC)c1. The van der Waals surface area contributed by atoms with Crippen LogP contribution in [-0.4, -0.2) is 24.9 Å². The highest BCUT2D eigenvalue weighted by atomic mass is 16.2. The molecule has 1 aromatic rings. The first kappa shape index (κ1) is 12.2. The molecule has 0 radical (unpaired) electrons. The van der Waals surface area contributed by atoms with Gasteiger partial charge >= 0.3 is 0 Å². The van der Waals surface area contributed by atoms with Crippen LogP contribution in [0.15, 0.2) is 24.3 Å². The maximum atomic E-state index is 11.5. The third-order valence-corrected chi connectivity index (χ3v) is 2.06. The van der Waals surface area contributed by atoms with Gasteiger partial charge in [-0.2, -0.15) is 0 Å². The molecule has 0 saturated heterocycles. The van der Waals surface area contributed by atoms with E-state index in [9.17, 15) is 9.59 Å². The van der Waals surface area contributed by atoms with Crippen LogP contribution >= 0.6 is 0 Å². The Bertz CT molecular complexity index is 355. The van der Waals surface area contributed by atoms with Gasteiger partial charge in [-0.25, -0.2) is 0 Å². The molecule has 0 aliphatic heterocycles. The van der Waals surface area contributed by atoms with Gasteiger partial charge in [0, 0.05) is 24.2 Å². The number of amides is 2. The fourth-order valence-electron chi connectivity index (χ4n) is 1.33. The first-order valence-corrected chi connectivity index (χ1v) is 5.35. The van der Waals surface area contributed by atoms with Gasteiger partial charge in [-0.1, -0.05) is 6.07 Å². The fraction of sp³-hybridized carbons (Fsp3) is 0.333. The Morgan fingerprint density at radius 3 is 1.81 bits per heavy atom. The molecule has 0 atom stereocenters. The maximum absolute atomic E-state index is 11.5. The van der Waals surface area contributed by atoms with Crippen molar-refractivity contribution >= 4 is 11.8 Å². The van der Waals surface area contributed by atoms with Crippen LogP contribution < -0.4 is 10.6 Å². The third-order valence-electron chi connectivity index (χ3n) is 2.06. The lowest BCUT2D eigenvalue weighted by Crippen LogP contribution is -2.25. The molecule has 1 aromatic carbocycles. The van der Waals surface area contributed by atoms with Crippen molar-refractivity contribution in [3.05, 3.63) is 35.4 Å². The fourth-order valence-corrected chi connectivity index (χ4v) is 1.33. The Hall–Kier alpha value is -1.84. The second kappa shape index (κ2) is 5.90. The number of carbonyl (C=O) groups is 2. The van der Waals surface area contributed by atoms with Gasteiger partial charge in [0.15, 0.2) is 0 Å². The van der Waals surface area contributed by atoms with Crippen molar-refractivity contribution in [2.75, 3.05) is 13.1 Å². The molecule has 0 aliphatic rings. The Kier molecular flexibility index (Phi) is 4.51. The van der Waals surface area contributed by atoms with Crippen molar-refractivity contribution in [1.82, 2.24) is 10.6 Å². The van der Waals surface area contributed by atoms with Crippen molar-refractivity contribution in [3.8, 4) is 0 Å². The van der Waals surface area contributed by atoms with Crippen LogP contribution in [0, 0.1) is 0 Å². The van der Waals surface area contributed by atoms with Crippen LogP contribution in [0.3, 0.4) is 0 Å². The van der Waals surface area contributed by atoms with Crippen molar-refractivity contribution in [2.24, 2.45) is 0 Å². The van der Waals surface area contributed by atoms with E-state index < -0.39 is 0 Å². The molecule has 0 aromatic heterocycles. The highest BCUT2D eigenvalue weighted by Gasteiger charge is 2.08. The van der Waals surface area contributed by atoms with Gasteiger partial charge in [-0.15, -0.1) is 0 Å². The zero-order valence-electron chi connectivity index (χ0n) is 9.54. The summed E-state index contributed by atoms with van der Waals surface area (Å²) < 4.78 is 0. The quantitative estimate of drug-likeness (QED) is 0.800. The Morgan fingerprint density at radius 2 is 1.44 bits per heavy atom. The standard InChI is InChI=1S/C12H16N2O2/c1-3-13-11(15)9-6-5-7-10(8-9)12(16)14-4-2/h5-8H,3-4H2,1-2H3,(H,13,15)(H,14,16). The van der Waals surface area contributed by atoms with Crippen molar-refractivity contribution in [1.29, 1.82) is 0 Å². The van der Waals surface area contributed by atoms with Gasteiger partial charge in [0.25, 0.3) is 11.8 Å². The van der Waals surface area contributed by atoms with E-state index in [1.165, 1.54) is 0 Å². The zero-order valence-corrected chi connectivity index (χ0v) is 9.54. The molecular formula is C12H16N2O2. The summed E-state index contributed by atoms with van der Waals surface area (Å²) in [6.07, 6.45) is 0. The molecule has 1 rings (SSSR count). The van der Waals surface area contributed by atoms with E-state index in [1.54, 1.807) is 24.3 Å².